The normalized spacial score (nSPS) is 12.7. The molecule has 1 unspecified atom stereocenters. The Morgan fingerprint density at radius 3 is 2.38 bits per heavy atom. The first-order valence-corrected chi connectivity index (χ1v) is 8.60. The average Bonchev–Trinajstić information content (AvgIpc) is 2.50. The number of nitrogens with two attached hydrogens (primary N) is 1. The van der Waals surface area contributed by atoms with Gasteiger partial charge in [-0.2, -0.15) is 0 Å². The molecule has 0 aliphatic rings. The summed E-state index contributed by atoms with van der Waals surface area (Å²) in [7, 11) is 2.19. The molecule has 1 atom stereocenters. The van der Waals surface area contributed by atoms with Gasteiger partial charge in [0.05, 0.1) is 0 Å². The van der Waals surface area contributed by atoms with Crippen molar-refractivity contribution in [2.24, 2.45) is 5.73 Å². The van der Waals surface area contributed by atoms with E-state index in [1.807, 2.05) is 0 Å². The predicted octanol–water partition coefficient (Wildman–Crippen LogP) is 4.72. The minimum atomic E-state index is 0.450. The number of benzene rings is 1. The first-order chi connectivity index (χ1) is 10.0. The number of nitrogens with zero attached hydrogens (tertiary/aromatic N) is 1. The number of unbranched alkanes of at least 4 members (excludes halogenated alkanes) is 2. The molecule has 0 aliphatic carbocycles. The molecular formula is C19H34N2. The monoisotopic (exact) mass is 290 g/mol. The molecule has 0 spiro atoms. The SMILES string of the molecule is CCCCCC(CN)N(C)c1ccc(C(C)C)c(CC)c1. The van der Waals surface area contributed by atoms with Crippen molar-refractivity contribution in [2.75, 3.05) is 18.5 Å². The highest BCUT2D eigenvalue weighted by atomic mass is 15.1. The molecule has 0 saturated heterocycles. The fourth-order valence-corrected chi connectivity index (χ4v) is 2.99. The Morgan fingerprint density at radius 2 is 1.86 bits per heavy atom. The molecule has 0 aromatic heterocycles. The van der Waals surface area contributed by atoms with Crippen molar-refractivity contribution in [1.29, 1.82) is 0 Å². The number of hydrogen-bond acceptors (Lipinski definition) is 2. The van der Waals surface area contributed by atoms with Crippen LogP contribution in [0, 0.1) is 0 Å². The summed E-state index contributed by atoms with van der Waals surface area (Å²) in [5.74, 6) is 0.592. The molecule has 0 bridgehead atoms. The van der Waals surface area contributed by atoms with Gasteiger partial charge in [0, 0.05) is 25.3 Å². The van der Waals surface area contributed by atoms with E-state index in [9.17, 15) is 0 Å². The molecule has 0 radical (unpaired) electrons. The summed E-state index contributed by atoms with van der Waals surface area (Å²) in [6.07, 6.45) is 6.13. The van der Waals surface area contributed by atoms with Gasteiger partial charge in [-0.15, -0.1) is 0 Å². The van der Waals surface area contributed by atoms with Gasteiger partial charge >= 0.3 is 0 Å². The molecule has 2 nitrogen and oxygen atoms in total. The average molecular weight is 290 g/mol. The highest BCUT2D eigenvalue weighted by Crippen LogP contribution is 2.26. The van der Waals surface area contributed by atoms with E-state index in [0.29, 0.717) is 12.0 Å². The quantitative estimate of drug-likeness (QED) is 0.667. The Labute approximate surface area is 131 Å². The molecule has 120 valence electrons. The van der Waals surface area contributed by atoms with Crippen molar-refractivity contribution >= 4 is 5.69 Å². The minimum absolute atomic E-state index is 0.450. The summed E-state index contributed by atoms with van der Waals surface area (Å²) in [5, 5.41) is 0. The van der Waals surface area contributed by atoms with Gasteiger partial charge in [-0.25, -0.2) is 0 Å². The van der Waals surface area contributed by atoms with Gasteiger partial charge < -0.3 is 10.6 Å². The second kappa shape index (κ2) is 9.09. The van der Waals surface area contributed by atoms with Gasteiger partial charge in [-0.3, -0.25) is 0 Å². The predicted molar refractivity (Wildman–Crippen MR) is 95.3 cm³/mol. The summed E-state index contributed by atoms with van der Waals surface area (Å²) < 4.78 is 0. The summed E-state index contributed by atoms with van der Waals surface area (Å²) >= 11 is 0. The van der Waals surface area contributed by atoms with Crippen LogP contribution in [0.25, 0.3) is 0 Å². The Bertz CT molecular complexity index is 412. The molecule has 0 fully saturated rings. The molecule has 0 heterocycles. The topological polar surface area (TPSA) is 29.3 Å². The lowest BCUT2D eigenvalue weighted by molar-refractivity contribution is 0.544. The minimum Gasteiger partial charge on any atom is -0.370 e. The van der Waals surface area contributed by atoms with Crippen LogP contribution in [0.5, 0.6) is 0 Å². The molecule has 1 aromatic carbocycles. The first-order valence-electron chi connectivity index (χ1n) is 8.60. The largest absolute Gasteiger partial charge is 0.370 e. The van der Waals surface area contributed by atoms with E-state index < -0.39 is 0 Å². The highest BCUT2D eigenvalue weighted by Gasteiger charge is 2.15. The third kappa shape index (κ3) is 5.03. The van der Waals surface area contributed by atoms with Gasteiger partial charge in [-0.1, -0.05) is 53.0 Å². The maximum Gasteiger partial charge on any atom is 0.0409 e. The molecule has 0 aliphatic heterocycles. The van der Waals surface area contributed by atoms with Crippen LogP contribution < -0.4 is 10.6 Å². The van der Waals surface area contributed by atoms with Crippen LogP contribution >= 0.6 is 0 Å². The van der Waals surface area contributed by atoms with E-state index in [0.717, 1.165) is 13.0 Å². The fourth-order valence-electron chi connectivity index (χ4n) is 2.99. The van der Waals surface area contributed by atoms with E-state index in [1.54, 1.807) is 0 Å². The molecule has 1 rings (SSSR count). The Kier molecular flexibility index (Phi) is 7.81. The third-order valence-electron chi connectivity index (χ3n) is 4.50. The molecule has 2 heteroatoms. The van der Waals surface area contributed by atoms with Crippen LogP contribution in [0.1, 0.15) is 70.4 Å². The summed E-state index contributed by atoms with van der Waals surface area (Å²) in [6.45, 7) is 9.76. The van der Waals surface area contributed by atoms with Gasteiger partial charge in [0.25, 0.3) is 0 Å². The van der Waals surface area contributed by atoms with Crippen molar-refractivity contribution in [3.8, 4) is 0 Å². The zero-order valence-corrected chi connectivity index (χ0v) is 14.7. The van der Waals surface area contributed by atoms with Crippen LogP contribution in [0.2, 0.25) is 0 Å². The number of anilines is 1. The van der Waals surface area contributed by atoms with Gasteiger partial charge in [0.15, 0.2) is 0 Å². The van der Waals surface area contributed by atoms with E-state index in [1.165, 1.54) is 42.5 Å². The first kappa shape index (κ1) is 18.0. The van der Waals surface area contributed by atoms with Crippen LogP contribution in [-0.4, -0.2) is 19.6 Å². The maximum absolute atomic E-state index is 6.00. The lowest BCUT2D eigenvalue weighted by Gasteiger charge is -2.30. The molecule has 1 aromatic rings. The van der Waals surface area contributed by atoms with Gasteiger partial charge in [0.1, 0.15) is 0 Å². The van der Waals surface area contributed by atoms with Crippen molar-refractivity contribution in [3.63, 3.8) is 0 Å². The Morgan fingerprint density at radius 1 is 1.14 bits per heavy atom. The summed E-state index contributed by atoms with van der Waals surface area (Å²) in [4.78, 5) is 2.37. The molecule has 0 saturated carbocycles. The molecular weight excluding hydrogens is 256 g/mol. The van der Waals surface area contributed by atoms with Crippen LogP contribution in [-0.2, 0) is 6.42 Å². The Balaban J connectivity index is 2.87. The molecule has 21 heavy (non-hydrogen) atoms. The zero-order chi connectivity index (χ0) is 15.8. The number of hydrogen-bond donors (Lipinski definition) is 1. The number of likely N-dealkylation sites (N-methyl/N-ethyl adjacent to an activating group) is 1. The van der Waals surface area contributed by atoms with Crippen LogP contribution in [0.3, 0.4) is 0 Å². The number of rotatable bonds is 9. The lowest BCUT2D eigenvalue weighted by Crippen LogP contribution is -2.38. The van der Waals surface area contributed by atoms with E-state index in [-0.39, 0.29) is 0 Å². The standard InChI is InChI=1S/C19H34N2/c1-6-8-9-10-18(14-20)21(5)17-11-12-19(15(3)4)16(7-2)13-17/h11-13,15,18H,6-10,14,20H2,1-5H3. The zero-order valence-electron chi connectivity index (χ0n) is 14.7. The van der Waals surface area contributed by atoms with Crippen LogP contribution in [0.15, 0.2) is 18.2 Å². The molecule has 0 amide bonds. The summed E-state index contributed by atoms with van der Waals surface area (Å²) in [6, 6.07) is 7.37. The Hall–Kier alpha value is -1.02. The molecule has 2 N–H and O–H groups in total. The van der Waals surface area contributed by atoms with E-state index >= 15 is 0 Å². The van der Waals surface area contributed by atoms with Crippen molar-refractivity contribution in [1.82, 2.24) is 0 Å². The van der Waals surface area contributed by atoms with E-state index in [4.69, 9.17) is 5.73 Å². The number of aryl methyl sites for hydroxylation is 1. The third-order valence-corrected chi connectivity index (χ3v) is 4.50. The van der Waals surface area contributed by atoms with Crippen LogP contribution in [0.4, 0.5) is 5.69 Å². The van der Waals surface area contributed by atoms with Gasteiger partial charge in [0.2, 0.25) is 0 Å². The fraction of sp³-hybridized carbons (Fsp3) is 0.684. The van der Waals surface area contributed by atoms with Crippen molar-refractivity contribution in [3.05, 3.63) is 29.3 Å². The lowest BCUT2D eigenvalue weighted by atomic mass is 9.94. The van der Waals surface area contributed by atoms with Crippen molar-refractivity contribution < 1.29 is 0 Å². The summed E-state index contributed by atoms with van der Waals surface area (Å²) in [5.41, 5.74) is 10.3. The second-order valence-corrected chi connectivity index (χ2v) is 6.39. The second-order valence-electron chi connectivity index (χ2n) is 6.39. The van der Waals surface area contributed by atoms with E-state index in [2.05, 4.69) is 57.8 Å². The highest BCUT2D eigenvalue weighted by molar-refractivity contribution is 5.52. The smallest absolute Gasteiger partial charge is 0.0409 e. The van der Waals surface area contributed by atoms with Crippen molar-refractivity contribution in [2.45, 2.75) is 71.8 Å². The maximum atomic E-state index is 6.00. The van der Waals surface area contributed by atoms with Gasteiger partial charge in [-0.05, 0) is 42.0 Å².